The molecule has 4 nitrogen and oxygen atoms in total. The first-order valence-corrected chi connectivity index (χ1v) is 7.75. The Bertz CT molecular complexity index is 469. The van der Waals surface area contributed by atoms with Gasteiger partial charge in [0.1, 0.15) is 4.99 Å². The molecular formula is C15H26N4S. The average molecular weight is 294 g/mol. The van der Waals surface area contributed by atoms with Crippen LogP contribution in [0.4, 0.5) is 5.82 Å². The summed E-state index contributed by atoms with van der Waals surface area (Å²) >= 11 is 5.22. The molecule has 2 N–H and O–H groups in total. The van der Waals surface area contributed by atoms with Crippen molar-refractivity contribution in [2.45, 2.75) is 47.5 Å². The minimum Gasteiger partial charge on any atom is -0.389 e. The quantitative estimate of drug-likeness (QED) is 0.784. The summed E-state index contributed by atoms with van der Waals surface area (Å²) in [6, 6.07) is 0. The summed E-state index contributed by atoms with van der Waals surface area (Å²) in [5.74, 6) is 1.48. The van der Waals surface area contributed by atoms with Crippen molar-refractivity contribution in [3.8, 4) is 0 Å². The molecule has 112 valence electrons. The lowest BCUT2D eigenvalue weighted by molar-refractivity contribution is 0.483. The van der Waals surface area contributed by atoms with E-state index in [0.29, 0.717) is 10.9 Å². The van der Waals surface area contributed by atoms with Gasteiger partial charge in [-0.05, 0) is 32.3 Å². The highest BCUT2D eigenvalue weighted by Gasteiger charge is 2.20. The third kappa shape index (κ3) is 3.66. The van der Waals surface area contributed by atoms with Crippen LogP contribution in [-0.2, 0) is 0 Å². The van der Waals surface area contributed by atoms with Crippen LogP contribution in [0.25, 0.3) is 0 Å². The fourth-order valence-electron chi connectivity index (χ4n) is 2.34. The van der Waals surface area contributed by atoms with E-state index < -0.39 is 0 Å². The van der Waals surface area contributed by atoms with Crippen LogP contribution in [0.5, 0.6) is 0 Å². The van der Waals surface area contributed by atoms with E-state index in [0.717, 1.165) is 48.6 Å². The first kappa shape index (κ1) is 16.8. The van der Waals surface area contributed by atoms with Gasteiger partial charge in [0.15, 0.2) is 5.82 Å². The van der Waals surface area contributed by atoms with E-state index in [1.807, 2.05) is 13.8 Å². The van der Waals surface area contributed by atoms with Gasteiger partial charge in [-0.15, -0.1) is 5.10 Å². The van der Waals surface area contributed by atoms with Crippen LogP contribution < -0.4 is 10.6 Å². The molecule has 0 aliphatic rings. The van der Waals surface area contributed by atoms with E-state index in [1.54, 1.807) is 0 Å². The number of thiocarbonyl (C=S) groups is 1. The third-order valence-corrected chi connectivity index (χ3v) is 4.20. The van der Waals surface area contributed by atoms with Crippen LogP contribution in [0.15, 0.2) is 0 Å². The maximum absolute atomic E-state index is 5.91. The summed E-state index contributed by atoms with van der Waals surface area (Å²) in [6.07, 6.45) is 2.32. The second-order valence-electron chi connectivity index (χ2n) is 5.19. The fraction of sp³-hybridized carbons (Fsp3) is 0.667. The summed E-state index contributed by atoms with van der Waals surface area (Å²) in [6.45, 7) is 12.4. The lowest BCUT2D eigenvalue weighted by Gasteiger charge is -2.28. The highest BCUT2D eigenvalue weighted by Crippen LogP contribution is 2.24. The maximum Gasteiger partial charge on any atom is 0.161 e. The Balaban J connectivity index is 3.21. The van der Waals surface area contributed by atoms with Crippen molar-refractivity contribution in [1.82, 2.24) is 10.2 Å². The van der Waals surface area contributed by atoms with Crippen molar-refractivity contribution in [3.05, 3.63) is 16.8 Å². The summed E-state index contributed by atoms with van der Waals surface area (Å²) in [7, 11) is 0. The summed E-state index contributed by atoms with van der Waals surface area (Å²) in [5.41, 5.74) is 8.70. The first-order chi connectivity index (χ1) is 9.46. The molecule has 0 atom stereocenters. The maximum atomic E-state index is 5.91. The standard InChI is InChI=1S/C15H26N4S/c1-6-12(7-2)9-19(8-3)15-13(14(16)20)10(4)11(5)17-18-15/h12H,6-9H2,1-5H3,(H2,16,20). The monoisotopic (exact) mass is 294 g/mol. The van der Waals surface area contributed by atoms with Crippen LogP contribution >= 0.6 is 12.2 Å². The van der Waals surface area contributed by atoms with Gasteiger partial charge in [0.2, 0.25) is 0 Å². The van der Waals surface area contributed by atoms with Crippen molar-refractivity contribution < 1.29 is 0 Å². The topological polar surface area (TPSA) is 55.0 Å². The lowest BCUT2D eigenvalue weighted by atomic mass is 10.0. The SMILES string of the molecule is CCC(CC)CN(CC)c1nnc(C)c(C)c1C(N)=S. The van der Waals surface area contributed by atoms with Gasteiger partial charge in [-0.2, -0.15) is 5.10 Å². The first-order valence-electron chi connectivity index (χ1n) is 7.34. The molecule has 0 saturated carbocycles. The van der Waals surface area contributed by atoms with Crippen molar-refractivity contribution in [1.29, 1.82) is 0 Å². The van der Waals surface area contributed by atoms with Crippen molar-refractivity contribution in [2.24, 2.45) is 11.7 Å². The highest BCUT2D eigenvalue weighted by atomic mass is 32.1. The third-order valence-electron chi connectivity index (χ3n) is 4.00. The van der Waals surface area contributed by atoms with Gasteiger partial charge in [0.05, 0.1) is 11.3 Å². The van der Waals surface area contributed by atoms with Gasteiger partial charge < -0.3 is 10.6 Å². The predicted molar refractivity (Wildman–Crippen MR) is 89.4 cm³/mol. The fourth-order valence-corrected chi connectivity index (χ4v) is 2.58. The zero-order valence-electron chi connectivity index (χ0n) is 13.2. The molecule has 0 spiro atoms. The molecular weight excluding hydrogens is 268 g/mol. The molecule has 0 aliphatic heterocycles. The highest BCUT2D eigenvalue weighted by molar-refractivity contribution is 7.80. The van der Waals surface area contributed by atoms with E-state index in [1.165, 1.54) is 0 Å². The molecule has 0 aromatic carbocycles. The van der Waals surface area contributed by atoms with E-state index in [2.05, 4.69) is 35.9 Å². The second-order valence-corrected chi connectivity index (χ2v) is 5.63. The molecule has 0 aliphatic carbocycles. The van der Waals surface area contributed by atoms with Crippen LogP contribution in [0.1, 0.15) is 50.4 Å². The molecule has 0 saturated heterocycles. The zero-order chi connectivity index (χ0) is 15.3. The summed E-state index contributed by atoms with van der Waals surface area (Å²) in [5, 5.41) is 8.60. The minimum absolute atomic E-state index is 0.401. The van der Waals surface area contributed by atoms with E-state index >= 15 is 0 Å². The Labute approximate surface area is 127 Å². The zero-order valence-corrected chi connectivity index (χ0v) is 14.0. The summed E-state index contributed by atoms with van der Waals surface area (Å²) < 4.78 is 0. The molecule has 1 heterocycles. The molecule has 0 amide bonds. The minimum atomic E-state index is 0.401. The van der Waals surface area contributed by atoms with Crippen LogP contribution in [0, 0.1) is 19.8 Å². The largest absolute Gasteiger partial charge is 0.389 e. The second kappa shape index (κ2) is 7.53. The Kier molecular flexibility index (Phi) is 6.33. The van der Waals surface area contributed by atoms with Gasteiger partial charge in [0, 0.05) is 13.1 Å². The average Bonchev–Trinajstić information content (AvgIpc) is 2.43. The molecule has 5 heteroatoms. The number of hydrogen-bond acceptors (Lipinski definition) is 4. The van der Waals surface area contributed by atoms with Crippen LogP contribution in [0.3, 0.4) is 0 Å². The van der Waals surface area contributed by atoms with E-state index in [9.17, 15) is 0 Å². The number of rotatable bonds is 7. The molecule has 0 radical (unpaired) electrons. The lowest BCUT2D eigenvalue weighted by Crippen LogP contribution is -2.32. The number of anilines is 1. The Morgan fingerprint density at radius 3 is 2.25 bits per heavy atom. The number of aromatic nitrogens is 2. The number of aryl methyl sites for hydroxylation is 1. The van der Waals surface area contributed by atoms with Gasteiger partial charge in [-0.1, -0.05) is 38.9 Å². The molecule has 0 bridgehead atoms. The normalized spacial score (nSPS) is 10.9. The smallest absolute Gasteiger partial charge is 0.161 e. The molecule has 1 rings (SSSR count). The van der Waals surface area contributed by atoms with Gasteiger partial charge in [-0.25, -0.2) is 0 Å². The number of nitrogens with zero attached hydrogens (tertiary/aromatic N) is 3. The van der Waals surface area contributed by atoms with Crippen molar-refractivity contribution in [2.75, 3.05) is 18.0 Å². The Morgan fingerprint density at radius 1 is 1.20 bits per heavy atom. The van der Waals surface area contributed by atoms with Crippen molar-refractivity contribution in [3.63, 3.8) is 0 Å². The van der Waals surface area contributed by atoms with Crippen molar-refractivity contribution >= 4 is 23.0 Å². The molecule has 0 fully saturated rings. The summed E-state index contributed by atoms with van der Waals surface area (Å²) in [4.78, 5) is 2.64. The van der Waals surface area contributed by atoms with Gasteiger partial charge >= 0.3 is 0 Å². The molecule has 20 heavy (non-hydrogen) atoms. The van der Waals surface area contributed by atoms with Gasteiger partial charge in [-0.3, -0.25) is 0 Å². The Morgan fingerprint density at radius 2 is 1.80 bits per heavy atom. The van der Waals surface area contributed by atoms with Crippen LogP contribution in [-0.4, -0.2) is 28.3 Å². The molecule has 0 unspecified atom stereocenters. The van der Waals surface area contributed by atoms with E-state index in [-0.39, 0.29) is 0 Å². The van der Waals surface area contributed by atoms with Gasteiger partial charge in [0.25, 0.3) is 0 Å². The number of hydrogen-bond donors (Lipinski definition) is 1. The van der Waals surface area contributed by atoms with Crippen LogP contribution in [0.2, 0.25) is 0 Å². The molecule has 1 aromatic rings. The van der Waals surface area contributed by atoms with E-state index in [4.69, 9.17) is 18.0 Å². The molecule has 1 aromatic heterocycles. The predicted octanol–water partition coefficient (Wildman–Crippen LogP) is 2.99. The Hall–Kier alpha value is -1.23. The number of nitrogens with two attached hydrogens (primary N) is 1.